The van der Waals surface area contributed by atoms with Gasteiger partial charge in [-0.15, -0.1) is 0 Å². The van der Waals surface area contributed by atoms with Crippen molar-refractivity contribution in [1.29, 1.82) is 0 Å². The lowest BCUT2D eigenvalue weighted by Crippen LogP contribution is -2.33. The molecule has 0 aliphatic heterocycles. The first-order valence-corrected chi connectivity index (χ1v) is 15.4. The van der Waals surface area contributed by atoms with Crippen LogP contribution in [0.15, 0.2) is 102 Å². The van der Waals surface area contributed by atoms with E-state index in [1.165, 1.54) is 10.1 Å². The molecule has 2 heterocycles. The predicted molar refractivity (Wildman–Crippen MR) is 159 cm³/mol. The monoisotopic (exact) mass is 581 g/mol. The SMILES string of the molecule is O=C(O)n1c(CN(Cc2cccc(S(=O)(=O)NCc3ccccc3)c2)C2CCCc3cccnc32)nc2ccccc21. The summed E-state index contributed by atoms with van der Waals surface area (Å²) < 4.78 is 30.3. The molecule has 1 unspecified atom stereocenters. The Balaban J connectivity index is 1.34. The number of hydrogen-bond acceptors (Lipinski definition) is 6. The summed E-state index contributed by atoms with van der Waals surface area (Å²) in [5.41, 5.74) is 4.93. The second kappa shape index (κ2) is 11.8. The van der Waals surface area contributed by atoms with Gasteiger partial charge in [0.2, 0.25) is 10.0 Å². The summed E-state index contributed by atoms with van der Waals surface area (Å²) >= 11 is 0. The van der Waals surface area contributed by atoms with E-state index in [1.54, 1.807) is 42.6 Å². The van der Waals surface area contributed by atoms with Crippen molar-refractivity contribution < 1.29 is 18.3 Å². The second-order valence-electron chi connectivity index (χ2n) is 10.5. The third kappa shape index (κ3) is 5.82. The molecule has 1 aliphatic rings. The number of aryl methyl sites for hydroxylation is 1. The lowest BCUT2D eigenvalue weighted by Gasteiger charge is -2.35. The highest BCUT2D eigenvalue weighted by molar-refractivity contribution is 7.89. The number of sulfonamides is 1. The highest BCUT2D eigenvalue weighted by Gasteiger charge is 2.30. The molecule has 1 atom stereocenters. The molecule has 42 heavy (non-hydrogen) atoms. The maximum atomic E-state index is 13.2. The van der Waals surface area contributed by atoms with E-state index in [-0.39, 0.29) is 24.0 Å². The molecule has 0 radical (unpaired) electrons. The van der Waals surface area contributed by atoms with Crippen LogP contribution in [0.3, 0.4) is 0 Å². The fraction of sp³-hybridized carbons (Fsp3) is 0.219. The summed E-state index contributed by atoms with van der Waals surface area (Å²) in [5.74, 6) is 0.403. The number of aromatic nitrogens is 3. The van der Waals surface area contributed by atoms with Gasteiger partial charge in [-0.2, -0.15) is 0 Å². The van der Waals surface area contributed by atoms with Crippen molar-refractivity contribution in [2.75, 3.05) is 0 Å². The number of imidazole rings is 1. The van der Waals surface area contributed by atoms with Crippen molar-refractivity contribution in [3.63, 3.8) is 0 Å². The second-order valence-corrected chi connectivity index (χ2v) is 12.2. The third-order valence-corrected chi connectivity index (χ3v) is 9.07. The zero-order chi connectivity index (χ0) is 29.1. The summed E-state index contributed by atoms with van der Waals surface area (Å²) in [4.78, 5) is 24.1. The first-order chi connectivity index (χ1) is 20.4. The molecule has 2 aromatic heterocycles. The van der Waals surface area contributed by atoms with Gasteiger partial charge in [-0.05, 0) is 66.3 Å². The van der Waals surface area contributed by atoms with E-state index in [0.29, 0.717) is 23.4 Å². The molecule has 0 saturated heterocycles. The third-order valence-electron chi connectivity index (χ3n) is 7.68. The number of para-hydroxylation sites is 2. The van der Waals surface area contributed by atoms with Crippen molar-refractivity contribution in [2.45, 2.75) is 49.8 Å². The van der Waals surface area contributed by atoms with Crippen molar-refractivity contribution in [3.8, 4) is 0 Å². The van der Waals surface area contributed by atoms with E-state index in [4.69, 9.17) is 9.97 Å². The maximum absolute atomic E-state index is 13.2. The van der Waals surface area contributed by atoms with Crippen LogP contribution in [-0.2, 0) is 36.1 Å². The molecular formula is C32H31N5O4S. The molecule has 214 valence electrons. The lowest BCUT2D eigenvalue weighted by molar-refractivity contribution is 0.149. The van der Waals surface area contributed by atoms with E-state index >= 15 is 0 Å². The number of fused-ring (bicyclic) bond motifs is 2. The fourth-order valence-corrected chi connectivity index (χ4v) is 6.78. The number of carboxylic acid groups (broad SMARTS) is 1. The van der Waals surface area contributed by atoms with Gasteiger partial charge in [-0.3, -0.25) is 9.88 Å². The van der Waals surface area contributed by atoms with Gasteiger partial charge in [-0.1, -0.05) is 60.7 Å². The Morgan fingerprint density at radius 1 is 0.952 bits per heavy atom. The van der Waals surface area contributed by atoms with Gasteiger partial charge in [0.05, 0.1) is 34.2 Å². The molecule has 1 aliphatic carbocycles. The number of hydrogen-bond donors (Lipinski definition) is 2. The molecule has 6 rings (SSSR count). The standard InChI is InChI=1S/C32H31N5O4S/c38-32(39)37-28-16-5-4-15-27(28)35-30(37)22-36(29-17-7-12-25-13-8-18-33-31(25)29)21-24-11-6-14-26(19-24)42(40,41)34-20-23-9-2-1-3-10-23/h1-6,8-11,13-16,18-19,29,34H,7,12,17,20-22H2,(H,38,39). The van der Waals surface area contributed by atoms with Crippen LogP contribution in [0.2, 0.25) is 0 Å². The first kappa shape index (κ1) is 27.8. The molecule has 5 aromatic rings. The van der Waals surface area contributed by atoms with Crippen LogP contribution in [0.25, 0.3) is 11.0 Å². The minimum absolute atomic E-state index is 0.0894. The smallest absolute Gasteiger partial charge is 0.417 e. The summed E-state index contributed by atoms with van der Waals surface area (Å²) in [6.07, 6.45) is 3.43. The molecule has 0 amide bonds. The zero-order valence-corrected chi connectivity index (χ0v) is 23.7. The predicted octanol–water partition coefficient (Wildman–Crippen LogP) is 5.52. The van der Waals surface area contributed by atoms with Gasteiger partial charge >= 0.3 is 6.09 Å². The Hall–Kier alpha value is -4.38. The van der Waals surface area contributed by atoms with Crippen molar-refractivity contribution in [2.24, 2.45) is 0 Å². The lowest BCUT2D eigenvalue weighted by atomic mass is 9.90. The van der Waals surface area contributed by atoms with Crippen molar-refractivity contribution >= 4 is 27.1 Å². The number of rotatable bonds is 9. The van der Waals surface area contributed by atoms with E-state index in [2.05, 4.69) is 15.7 Å². The van der Waals surface area contributed by atoms with Crippen LogP contribution >= 0.6 is 0 Å². The fourth-order valence-electron chi connectivity index (χ4n) is 5.70. The van der Waals surface area contributed by atoms with Crippen LogP contribution in [0, 0.1) is 0 Å². The molecule has 10 heteroatoms. The Labute approximate surface area is 244 Å². The average Bonchev–Trinajstić information content (AvgIpc) is 3.38. The number of benzene rings is 3. The van der Waals surface area contributed by atoms with Crippen molar-refractivity contribution in [3.05, 3.63) is 125 Å². The molecule has 0 saturated carbocycles. The number of nitrogens with zero attached hydrogens (tertiary/aromatic N) is 4. The Morgan fingerprint density at radius 2 is 1.74 bits per heavy atom. The average molecular weight is 582 g/mol. The summed E-state index contributed by atoms with van der Waals surface area (Å²) in [6, 6.07) is 27.4. The number of carbonyl (C=O) groups is 1. The minimum atomic E-state index is -3.76. The Bertz CT molecular complexity index is 1840. The minimum Gasteiger partial charge on any atom is -0.464 e. The molecule has 0 bridgehead atoms. The molecule has 3 aromatic carbocycles. The largest absolute Gasteiger partial charge is 0.464 e. The molecule has 9 nitrogen and oxygen atoms in total. The Morgan fingerprint density at radius 3 is 2.57 bits per heavy atom. The van der Waals surface area contributed by atoms with Crippen LogP contribution in [0.1, 0.15) is 47.1 Å². The van der Waals surface area contributed by atoms with Gasteiger partial charge in [0.25, 0.3) is 0 Å². The van der Waals surface area contributed by atoms with E-state index < -0.39 is 16.1 Å². The van der Waals surface area contributed by atoms with Crippen LogP contribution in [0.4, 0.5) is 4.79 Å². The highest BCUT2D eigenvalue weighted by atomic mass is 32.2. The molecule has 0 spiro atoms. The zero-order valence-electron chi connectivity index (χ0n) is 22.9. The maximum Gasteiger partial charge on any atom is 0.417 e. The van der Waals surface area contributed by atoms with Gasteiger partial charge in [-0.25, -0.2) is 27.5 Å². The van der Waals surface area contributed by atoms with E-state index in [0.717, 1.165) is 36.1 Å². The van der Waals surface area contributed by atoms with Gasteiger partial charge < -0.3 is 5.11 Å². The number of pyridine rings is 1. The summed E-state index contributed by atoms with van der Waals surface area (Å²) in [7, 11) is -3.76. The van der Waals surface area contributed by atoms with E-state index in [9.17, 15) is 18.3 Å². The van der Waals surface area contributed by atoms with Crippen LogP contribution in [0.5, 0.6) is 0 Å². The molecule has 2 N–H and O–H groups in total. The molecular weight excluding hydrogens is 550 g/mol. The number of nitrogens with one attached hydrogen (secondary N) is 1. The highest BCUT2D eigenvalue weighted by Crippen LogP contribution is 2.35. The van der Waals surface area contributed by atoms with Crippen LogP contribution in [-0.4, -0.2) is 39.1 Å². The molecule has 0 fully saturated rings. The Kier molecular flexibility index (Phi) is 7.84. The van der Waals surface area contributed by atoms with Gasteiger partial charge in [0.15, 0.2) is 0 Å². The summed E-state index contributed by atoms with van der Waals surface area (Å²) in [6.45, 7) is 0.811. The van der Waals surface area contributed by atoms with E-state index in [1.807, 2.05) is 48.5 Å². The quantitative estimate of drug-likeness (QED) is 0.236. The van der Waals surface area contributed by atoms with Gasteiger partial charge in [0.1, 0.15) is 5.82 Å². The summed E-state index contributed by atoms with van der Waals surface area (Å²) in [5, 5.41) is 10.1. The van der Waals surface area contributed by atoms with Crippen LogP contribution < -0.4 is 4.72 Å². The van der Waals surface area contributed by atoms with Gasteiger partial charge in [0, 0.05) is 19.3 Å². The first-order valence-electron chi connectivity index (χ1n) is 13.9. The van der Waals surface area contributed by atoms with Crippen molar-refractivity contribution in [1.82, 2.24) is 24.2 Å². The topological polar surface area (TPSA) is 117 Å². The normalized spacial score (nSPS) is 15.1.